The standard InChI is InChI=1S/C8H15NO/c1-9-4-6-2-3-8(10)7(6)5-9/h6-8,10H,2-5H2,1H3/t6-,7+,8?/m0/s1. The average Bonchev–Trinajstić information content (AvgIpc) is 2.35. The van der Waals surface area contributed by atoms with Crippen molar-refractivity contribution in [2.24, 2.45) is 11.8 Å². The number of hydrogen-bond acceptors (Lipinski definition) is 2. The third kappa shape index (κ3) is 0.867. The van der Waals surface area contributed by atoms with E-state index in [1.54, 1.807) is 0 Å². The molecule has 2 nitrogen and oxygen atoms in total. The van der Waals surface area contributed by atoms with Gasteiger partial charge in [-0.05, 0) is 25.8 Å². The molecule has 3 atom stereocenters. The molecule has 1 saturated carbocycles. The van der Waals surface area contributed by atoms with Gasteiger partial charge < -0.3 is 10.0 Å². The van der Waals surface area contributed by atoms with Gasteiger partial charge in [-0.2, -0.15) is 0 Å². The Morgan fingerprint density at radius 1 is 1.30 bits per heavy atom. The zero-order chi connectivity index (χ0) is 7.14. The third-order valence-electron chi connectivity index (χ3n) is 3.00. The van der Waals surface area contributed by atoms with E-state index in [0.717, 1.165) is 18.9 Å². The van der Waals surface area contributed by atoms with E-state index in [9.17, 15) is 5.11 Å². The molecule has 0 aromatic rings. The molecule has 0 aromatic heterocycles. The highest BCUT2D eigenvalue weighted by Gasteiger charge is 2.40. The van der Waals surface area contributed by atoms with Gasteiger partial charge in [0, 0.05) is 19.0 Å². The van der Waals surface area contributed by atoms with Gasteiger partial charge in [0.15, 0.2) is 0 Å². The fraction of sp³-hybridized carbons (Fsp3) is 1.00. The number of hydrogen-bond donors (Lipinski definition) is 1. The highest BCUT2D eigenvalue weighted by Crippen LogP contribution is 2.37. The van der Waals surface area contributed by atoms with Crippen LogP contribution in [0.5, 0.6) is 0 Å². The van der Waals surface area contributed by atoms with E-state index < -0.39 is 0 Å². The van der Waals surface area contributed by atoms with Crippen LogP contribution in [0, 0.1) is 11.8 Å². The quantitative estimate of drug-likeness (QED) is 0.525. The minimum Gasteiger partial charge on any atom is -0.393 e. The summed E-state index contributed by atoms with van der Waals surface area (Å²) < 4.78 is 0. The Kier molecular flexibility index (Phi) is 1.46. The molecule has 1 unspecified atom stereocenters. The zero-order valence-electron chi connectivity index (χ0n) is 6.45. The van der Waals surface area contributed by atoms with E-state index >= 15 is 0 Å². The molecular weight excluding hydrogens is 126 g/mol. The maximum Gasteiger partial charge on any atom is 0.0583 e. The molecular formula is C8H15NO. The lowest BCUT2D eigenvalue weighted by atomic mass is 10.00. The molecule has 2 fully saturated rings. The van der Waals surface area contributed by atoms with Crippen LogP contribution in [0.2, 0.25) is 0 Å². The first-order valence-corrected chi connectivity index (χ1v) is 4.14. The molecule has 0 amide bonds. The van der Waals surface area contributed by atoms with Gasteiger partial charge in [0.1, 0.15) is 0 Å². The van der Waals surface area contributed by atoms with Gasteiger partial charge in [-0.25, -0.2) is 0 Å². The SMILES string of the molecule is CN1C[C@@H]2CCC(O)[C@@H]2C1. The van der Waals surface area contributed by atoms with E-state index in [0.29, 0.717) is 5.92 Å². The van der Waals surface area contributed by atoms with Crippen LogP contribution in [0.4, 0.5) is 0 Å². The molecule has 1 aliphatic carbocycles. The first-order valence-electron chi connectivity index (χ1n) is 4.14. The molecule has 0 radical (unpaired) electrons. The predicted octanol–water partition coefficient (Wildman–Crippen LogP) is 0.319. The Labute approximate surface area is 61.8 Å². The van der Waals surface area contributed by atoms with Crippen molar-refractivity contribution in [2.45, 2.75) is 18.9 Å². The fourth-order valence-electron chi connectivity index (χ4n) is 2.46. The number of nitrogens with zero attached hydrogens (tertiary/aromatic N) is 1. The second-order valence-corrected chi connectivity index (χ2v) is 3.79. The third-order valence-corrected chi connectivity index (χ3v) is 3.00. The molecule has 2 rings (SSSR count). The molecule has 1 N–H and O–H groups in total. The molecule has 10 heavy (non-hydrogen) atoms. The Morgan fingerprint density at radius 2 is 2.10 bits per heavy atom. The van der Waals surface area contributed by atoms with Crippen molar-refractivity contribution in [3.05, 3.63) is 0 Å². The molecule has 0 bridgehead atoms. The van der Waals surface area contributed by atoms with E-state index in [1.165, 1.54) is 13.0 Å². The highest BCUT2D eigenvalue weighted by molar-refractivity contribution is 4.92. The minimum absolute atomic E-state index is 0.00921. The van der Waals surface area contributed by atoms with Gasteiger partial charge >= 0.3 is 0 Å². The maximum absolute atomic E-state index is 9.49. The Hall–Kier alpha value is -0.0800. The lowest BCUT2D eigenvalue weighted by Gasteiger charge is -2.11. The van der Waals surface area contributed by atoms with Gasteiger partial charge in [-0.3, -0.25) is 0 Å². The van der Waals surface area contributed by atoms with Crippen LogP contribution >= 0.6 is 0 Å². The van der Waals surface area contributed by atoms with Crippen molar-refractivity contribution in [2.75, 3.05) is 20.1 Å². The van der Waals surface area contributed by atoms with Gasteiger partial charge in [0.05, 0.1) is 6.10 Å². The highest BCUT2D eigenvalue weighted by atomic mass is 16.3. The summed E-state index contributed by atoms with van der Waals surface area (Å²) in [4.78, 5) is 2.33. The van der Waals surface area contributed by atoms with Crippen LogP contribution in [0.1, 0.15) is 12.8 Å². The van der Waals surface area contributed by atoms with E-state index in [1.807, 2.05) is 0 Å². The summed E-state index contributed by atoms with van der Waals surface area (Å²) in [6.07, 6.45) is 2.30. The van der Waals surface area contributed by atoms with E-state index in [-0.39, 0.29) is 6.10 Å². The summed E-state index contributed by atoms with van der Waals surface area (Å²) in [7, 11) is 2.14. The number of fused-ring (bicyclic) bond motifs is 1. The molecule has 58 valence electrons. The Bertz CT molecular complexity index is 137. The molecule has 1 saturated heterocycles. The van der Waals surface area contributed by atoms with Gasteiger partial charge in [0.2, 0.25) is 0 Å². The Balaban J connectivity index is 2.05. The molecule has 1 heterocycles. The first kappa shape index (κ1) is 6.62. The van der Waals surface area contributed by atoms with Gasteiger partial charge in [0.25, 0.3) is 0 Å². The van der Waals surface area contributed by atoms with Crippen LogP contribution in [-0.4, -0.2) is 36.2 Å². The monoisotopic (exact) mass is 141 g/mol. The topological polar surface area (TPSA) is 23.5 Å². The number of aliphatic hydroxyl groups is 1. The van der Waals surface area contributed by atoms with Crippen molar-refractivity contribution < 1.29 is 5.11 Å². The van der Waals surface area contributed by atoms with Crippen molar-refractivity contribution in [3.63, 3.8) is 0 Å². The van der Waals surface area contributed by atoms with Crippen LogP contribution < -0.4 is 0 Å². The lowest BCUT2D eigenvalue weighted by molar-refractivity contribution is 0.126. The lowest BCUT2D eigenvalue weighted by Crippen LogP contribution is -2.21. The Morgan fingerprint density at radius 3 is 2.80 bits per heavy atom. The molecule has 2 aliphatic rings. The minimum atomic E-state index is 0.00921. The largest absolute Gasteiger partial charge is 0.393 e. The van der Waals surface area contributed by atoms with Crippen molar-refractivity contribution in [1.29, 1.82) is 0 Å². The number of likely N-dealkylation sites (tertiary alicyclic amines) is 1. The summed E-state index contributed by atoms with van der Waals surface area (Å²) in [6, 6.07) is 0. The summed E-state index contributed by atoms with van der Waals surface area (Å²) >= 11 is 0. The van der Waals surface area contributed by atoms with Crippen LogP contribution in [0.15, 0.2) is 0 Å². The molecule has 0 spiro atoms. The summed E-state index contributed by atoms with van der Waals surface area (Å²) in [5.41, 5.74) is 0. The average molecular weight is 141 g/mol. The molecule has 0 aromatic carbocycles. The fourth-order valence-corrected chi connectivity index (χ4v) is 2.46. The van der Waals surface area contributed by atoms with Crippen molar-refractivity contribution in [3.8, 4) is 0 Å². The van der Waals surface area contributed by atoms with E-state index in [2.05, 4.69) is 11.9 Å². The summed E-state index contributed by atoms with van der Waals surface area (Å²) in [5, 5.41) is 9.49. The number of rotatable bonds is 0. The van der Waals surface area contributed by atoms with Gasteiger partial charge in [-0.15, -0.1) is 0 Å². The van der Waals surface area contributed by atoms with Crippen LogP contribution in [0.3, 0.4) is 0 Å². The normalized spacial score (nSPS) is 48.0. The number of aliphatic hydroxyl groups excluding tert-OH is 1. The summed E-state index contributed by atoms with van der Waals surface area (Å²) in [6.45, 7) is 2.33. The van der Waals surface area contributed by atoms with Crippen molar-refractivity contribution >= 4 is 0 Å². The predicted molar refractivity (Wildman–Crippen MR) is 39.7 cm³/mol. The first-order chi connectivity index (χ1) is 4.77. The zero-order valence-corrected chi connectivity index (χ0v) is 6.45. The summed E-state index contributed by atoms with van der Waals surface area (Å²) in [5.74, 6) is 1.41. The molecule has 1 aliphatic heterocycles. The second kappa shape index (κ2) is 2.21. The second-order valence-electron chi connectivity index (χ2n) is 3.79. The van der Waals surface area contributed by atoms with Gasteiger partial charge in [-0.1, -0.05) is 0 Å². The van der Waals surface area contributed by atoms with Crippen molar-refractivity contribution in [1.82, 2.24) is 4.90 Å². The van der Waals surface area contributed by atoms with E-state index in [4.69, 9.17) is 0 Å². The smallest absolute Gasteiger partial charge is 0.0583 e. The maximum atomic E-state index is 9.49. The molecule has 2 heteroatoms. The van der Waals surface area contributed by atoms with Crippen LogP contribution in [-0.2, 0) is 0 Å². The van der Waals surface area contributed by atoms with Crippen LogP contribution in [0.25, 0.3) is 0 Å².